The molecule has 0 aliphatic heterocycles. The highest BCUT2D eigenvalue weighted by Gasteiger charge is 2.21. The lowest BCUT2D eigenvalue weighted by molar-refractivity contribution is 0.0514. The number of nitrogens with one attached hydrogen (secondary N) is 1. The minimum atomic E-state index is -0.337. The number of rotatable bonds is 8. The lowest BCUT2D eigenvalue weighted by atomic mass is 10.2. The van der Waals surface area contributed by atoms with Crippen LogP contribution in [0.1, 0.15) is 34.6 Å². The van der Waals surface area contributed by atoms with Gasteiger partial charge in [0, 0.05) is 6.42 Å². The number of esters is 1. The van der Waals surface area contributed by atoms with Crippen molar-refractivity contribution in [3.05, 3.63) is 76.9 Å². The van der Waals surface area contributed by atoms with Crippen molar-refractivity contribution < 1.29 is 14.3 Å². The molecule has 164 valence electrons. The normalized spacial score (nSPS) is 11.0. The van der Waals surface area contributed by atoms with Gasteiger partial charge < -0.3 is 14.8 Å². The van der Waals surface area contributed by atoms with E-state index in [0.29, 0.717) is 23.7 Å². The van der Waals surface area contributed by atoms with Crippen LogP contribution < -0.4 is 10.1 Å². The van der Waals surface area contributed by atoms with Crippen LogP contribution in [0.2, 0.25) is 0 Å². The second-order valence-electron chi connectivity index (χ2n) is 7.62. The molecular formula is C25H25N3O3S. The van der Waals surface area contributed by atoms with Gasteiger partial charge in [-0.1, -0.05) is 42.5 Å². The summed E-state index contributed by atoms with van der Waals surface area (Å²) in [6.45, 7) is 6.20. The van der Waals surface area contributed by atoms with Gasteiger partial charge in [-0.3, -0.25) is 0 Å². The molecule has 32 heavy (non-hydrogen) atoms. The molecule has 0 spiro atoms. The Balaban J connectivity index is 1.56. The minimum Gasteiger partial charge on any atom is -0.489 e. The van der Waals surface area contributed by atoms with Crippen molar-refractivity contribution in [2.24, 2.45) is 0 Å². The molecule has 7 heteroatoms. The third kappa shape index (κ3) is 4.89. The van der Waals surface area contributed by atoms with E-state index in [2.05, 4.69) is 15.3 Å². The molecule has 4 aromatic rings. The zero-order valence-electron chi connectivity index (χ0n) is 18.3. The van der Waals surface area contributed by atoms with E-state index in [1.54, 1.807) is 0 Å². The zero-order valence-corrected chi connectivity index (χ0v) is 19.1. The number of para-hydroxylation sites is 2. The molecular weight excluding hydrogens is 422 g/mol. The number of benzene rings is 2. The van der Waals surface area contributed by atoms with Crippen molar-refractivity contribution in [3.8, 4) is 5.75 Å². The second kappa shape index (κ2) is 9.78. The summed E-state index contributed by atoms with van der Waals surface area (Å²) in [7, 11) is 0. The van der Waals surface area contributed by atoms with E-state index < -0.39 is 0 Å². The van der Waals surface area contributed by atoms with E-state index in [9.17, 15) is 4.79 Å². The molecule has 0 aliphatic carbocycles. The summed E-state index contributed by atoms with van der Waals surface area (Å²) in [4.78, 5) is 22.9. The summed E-state index contributed by atoms with van der Waals surface area (Å²) in [5.74, 6) is 1.03. The minimum absolute atomic E-state index is 0.0449. The summed E-state index contributed by atoms with van der Waals surface area (Å²) < 4.78 is 11.5. The molecule has 0 saturated carbocycles. The molecule has 0 aliphatic rings. The predicted molar refractivity (Wildman–Crippen MR) is 128 cm³/mol. The molecule has 2 heterocycles. The SMILES string of the molecule is Cc1c(C(=O)OCCc2ccccc2)sc2ncnc(Nc3ccccc3OC(C)C)c12. The Hall–Kier alpha value is -3.45. The van der Waals surface area contributed by atoms with Crippen LogP contribution in [0.25, 0.3) is 10.2 Å². The molecule has 2 aromatic heterocycles. The largest absolute Gasteiger partial charge is 0.489 e. The fourth-order valence-electron chi connectivity index (χ4n) is 3.39. The summed E-state index contributed by atoms with van der Waals surface area (Å²) in [5.41, 5.74) is 2.74. The molecule has 2 aromatic carbocycles. The summed E-state index contributed by atoms with van der Waals surface area (Å²) in [5, 5.41) is 4.17. The summed E-state index contributed by atoms with van der Waals surface area (Å²) in [6.07, 6.45) is 2.22. The molecule has 4 rings (SSSR count). The number of aromatic nitrogens is 2. The highest BCUT2D eigenvalue weighted by atomic mass is 32.1. The second-order valence-corrected chi connectivity index (χ2v) is 8.62. The van der Waals surface area contributed by atoms with Gasteiger partial charge in [-0.15, -0.1) is 11.3 Å². The first-order valence-corrected chi connectivity index (χ1v) is 11.3. The number of carbonyl (C=O) groups excluding carboxylic acids is 1. The van der Waals surface area contributed by atoms with Gasteiger partial charge in [0.2, 0.25) is 0 Å². The Morgan fingerprint density at radius 2 is 1.81 bits per heavy atom. The lowest BCUT2D eigenvalue weighted by Gasteiger charge is -2.15. The van der Waals surface area contributed by atoms with Crippen LogP contribution in [0.4, 0.5) is 11.5 Å². The number of fused-ring (bicyclic) bond motifs is 1. The van der Waals surface area contributed by atoms with Crippen LogP contribution in [-0.4, -0.2) is 28.6 Å². The van der Waals surface area contributed by atoms with Gasteiger partial charge in [-0.2, -0.15) is 0 Å². The first-order valence-electron chi connectivity index (χ1n) is 10.5. The van der Waals surface area contributed by atoms with E-state index in [4.69, 9.17) is 9.47 Å². The van der Waals surface area contributed by atoms with Crippen LogP contribution >= 0.6 is 11.3 Å². The van der Waals surface area contributed by atoms with E-state index in [-0.39, 0.29) is 12.1 Å². The van der Waals surface area contributed by atoms with Gasteiger partial charge in [-0.05, 0) is 44.0 Å². The predicted octanol–water partition coefficient (Wildman–Crippen LogP) is 5.93. The molecule has 0 bridgehead atoms. The number of carbonyl (C=O) groups is 1. The lowest BCUT2D eigenvalue weighted by Crippen LogP contribution is -2.08. The summed E-state index contributed by atoms with van der Waals surface area (Å²) >= 11 is 1.32. The van der Waals surface area contributed by atoms with Gasteiger partial charge in [0.25, 0.3) is 0 Å². The van der Waals surface area contributed by atoms with Gasteiger partial charge >= 0.3 is 5.97 Å². The quantitative estimate of drug-likeness (QED) is 0.338. The topological polar surface area (TPSA) is 73.3 Å². The third-order valence-corrected chi connectivity index (χ3v) is 6.06. The van der Waals surface area contributed by atoms with Gasteiger partial charge in [0.1, 0.15) is 27.6 Å². The highest BCUT2D eigenvalue weighted by molar-refractivity contribution is 7.20. The fourth-order valence-corrected chi connectivity index (χ4v) is 4.43. The standard InChI is InChI=1S/C25H25N3O3S/c1-16(2)31-20-12-8-7-11-19(20)28-23-21-17(3)22(32-24(21)27-15-26-23)25(29)30-14-13-18-9-5-4-6-10-18/h4-12,15-16H,13-14H2,1-3H3,(H,26,27,28). The monoisotopic (exact) mass is 447 g/mol. The van der Waals surface area contributed by atoms with Crippen molar-refractivity contribution in [2.45, 2.75) is 33.3 Å². The number of hydrogen-bond acceptors (Lipinski definition) is 7. The number of nitrogens with zero attached hydrogens (tertiary/aromatic N) is 2. The Morgan fingerprint density at radius 1 is 1.06 bits per heavy atom. The molecule has 0 amide bonds. The maximum Gasteiger partial charge on any atom is 0.348 e. The molecule has 1 N–H and O–H groups in total. The van der Waals surface area contributed by atoms with Crippen molar-refractivity contribution in [1.82, 2.24) is 9.97 Å². The fraction of sp³-hybridized carbons (Fsp3) is 0.240. The van der Waals surface area contributed by atoms with Crippen molar-refractivity contribution >= 4 is 39.0 Å². The number of ether oxygens (including phenoxy) is 2. The molecule has 0 saturated heterocycles. The van der Waals surface area contributed by atoms with E-state index in [0.717, 1.165) is 32.8 Å². The van der Waals surface area contributed by atoms with Crippen LogP contribution in [0.5, 0.6) is 5.75 Å². The van der Waals surface area contributed by atoms with Crippen molar-refractivity contribution in [2.75, 3.05) is 11.9 Å². The highest BCUT2D eigenvalue weighted by Crippen LogP contribution is 2.36. The van der Waals surface area contributed by atoms with E-state index >= 15 is 0 Å². The molecule has 6 nitrogen and oxygen atoms in total. The Bertz CT molecular complexity index is 1220. The maximum atomic E-state index is 12.8. The van der Waals surface area contributed by atoms with Crippen LogP contribution in [0, 0.1) is 6.92 Å². The average molecular weight is 448 g/mol. The van der Waals surface area contributed by atoms with Crippen LogP contribution in [-0.2, 0) is 11.2 Å². The molecule has 0 radical (unpaired) electrons. The number of aryl methyl sites for hydroxylation is 1. The van der Waals surface area contributed by atoms with Gasteiger partial charge in [0.15, 0.2) is 0 Å². The van der Waals surface area contributed by atoms with Gasteiger partial charge in [-0.25, -0.2) is 14.8 Å². The molecule has 0 atom stereocenters. The molecule has 0 unspecified atom stereocenters. The Kier molecular flexibility index (Phi) is 6.66. The smallest absolute Gasteiger partial charge is 0.348 e. The summed E-state index contributed by atoms with van der Waals surface area (Å²) in [6, 6.07) is 17.7. The Labute approximate surface area is 191 Å². The molecule has 0 fully saturated rings. The Morgan fingerprint density at radius 3 is 2.59 bits per heavy atom. The number of hydrogen-bond donors (Lipinski definition) is 1. The maximum absolute atomic E-state index is 12.8. The first-order chi connectivity index (χ1) is 15.5. The average Bonchev–Trinajstić information content (AvgIpc) is 3.13. The zero-order chi connectivity index (χ0) is 22.5. The first kappa shape index (κ1) is 21.8. The van der Waals surface area contributed by atoms with Gasteiger partial charge in [0.05, 0.1) is 23.8 Å². The van der Waals surface area contributed by atoms with Crippen LogP contribution in [0.15, 0.2) is 60.9 Å². The number of thiophene rings is 1. The number of anilines is 2. The van der Waals surface area contributed by atoms with Crippen LogP contribution in [0.3, 0.4) is 0 Å². The van der Waals surface area contributed by atoms with E-state index in [1.807, 2.05) is 75.4 Å². The van der Waals surface area contributed by atoms with Crippen molar-refractivity contribution in [3.63, 3.8) is 0 Å². The third-order valence-electron chi connectivity index (χ3n) is 4.88. The van der Waals surface area contributed by atoms with Crippen molar-refractivity contribution in [1.29, 1.82) is 0 Å². The van der Waals surface area contributed by atoms with E-state index in [1.165, 1.54) is 17.7 Å².